The van der Waals surface area contributed by atoms with Gasteiger partial charge in [-0.2, -0.15) is 0 Å². The van der Waals surface area contributed by atoms with Crippen LogP contribution in [-0.2, 0) is 61.8 Å². The zero-order chi connectivity index (χ0) is 66.6. The number of carboxylic acid groups (broad SMARTS) is 1. The first kappa shape index (κ1) is 71.3. The van der Waals surface area contributed by atoms with Crippen molar-refractivity contribution in [3.8, 4) is 0 Å². The minimum absolute atomic E-state index is 0.192. The van der Waals surface area contributed by atoms with E-state index in [9.17, 15) is 85.9 Å². The summed E-state index contributed by atoms with van der Waals surface area (Å²) in [4.78, 5) is 40.9. The molecule has 0 amide bonds. The summed E-state index contributed by atoms with van der Waals surface area (Å²) in [6.07, 6.45) is -35.3. The number of aliphatic hydroxyl groups is 13. The van der Waals surface area contributed by atoms with E-state index in [-0.39, 0.29) is 24.7 Å². The number of esters is 2. The molecule has 0 aromatic carbocycles. The Labute approximate surface area is 524 Å². The molecule has 5 aliphatic carbocycles. The Hall–Kier alpha value is -2.95. The van der Waals surface area contributed by atoms with Gasteiger partial charge in [0.15, 0.2) is 37.4 Å². The first-order valence-electron chi connectivity index (χ1n) is 31.9. The van der Waals surface area contributed by atoms with Gasteiger partial charge in [0.05, 0.1) is 55.6 Å². The molecule has 0 aromatic rings. The fraction of sp³-hybridized carbons (Fsp3) is 0.889. The van der Waals surface area contributed by atoms with Gasteiger partial charge in [-0.1, -0.05) is 80.0 Å². The van der Waals surface area contributed by atoms with E-state index in [2.05, 4.69) is 19.9 Å². The van der Waals surface area contributed by atoms with Gasteiger partial charge in [0.1, 0.15) is 85.5 Å². The predicted octanol–water partition coefficient (Wildman–Crippen LogP) is -0.806. The highest BCUT2D eigenvalue weighted by Crippen LogP contribution is 2.76. The highest BCUT2D eigenvalue weighted by atomic mass is 16.8. The van der Waals surface area contributed by atoms with Gasteiger partial charge in [-0.25, -0.2) is 9.59 Å². The lowest BCUT2D eigenvalue weighted by molar-refractivity contribution is -0.401. The summed E-state index contributed by atoms with van der Waals surface area (Å²) in [5, 5.41) is 158. The van der Waals surface area contributed by atoms with Crippen molar-refractivity contribution < 1.29 is 133 Å². The summed E-state index contributed by atoms with van der Waals surface area (Å²) in [6, 6.07) is 0. The number of aliphatic hydroxyl groups excluding tert-OH is 13. The number of allylic oxidation sites excluding steroid dienone is 2. The summed E-state index contributed by atoms with van der Waals surface area (Å²) in [5.74, 6) is -4.64. The summed E-state index contributed by atoms with van der Waals surface area (Å²) >= 11 is 0. The maximum atomic E-state index is 14.0. The molecule has 90 heavy (non-hydrogen) atoms. The summed E-state index contributed by atoms with van der Waals surface area (Å²) in [7, 11) is 0. The lowest BCUT2D eigenvalue weighted by atomic mass is 9.32. The minimum atomic E-state index is -2.24. The van der Waals surface area contributed by atoms with Gasteiger partial charge in [0.25, 0.3) is 0 Å². The van der Waals surface area contributed by atoms with E-state index in [1.54, 1.807) is 26.8 Å². The van der Waals surface area contributed by atoms with Crippen LogP contribution in [0.1, 0.15) is 128 Å². The van der Waals surface area contributed by atoms with Crippen LogP contribution in [0, 0.1) is 56.2 Å². The van der Waals surface area contributed by atoms with Crippen molar-refractivity contribution in [2.24, 2.45) is 56.2 Å². The average molecular weight is 1290 g/mol. The fourth-order valence-corrected chi connectivity index (χ4v) is 17.6. The molecule has 4 saturated carbocycles. The Morgan fingerprint density at radius 1 is 0.689 bits per heavy atom. The van der Waals surface area contributed by atoms with Gasteiger partial charge >= 0.3 is 17.9 Å². The standard InChI is InChI=1S/C63H100O27/c1-13-25(3)52(79)89-49-50(90-53(80)26(4)14-2)63(24-65)29(21-58(49,6)7)28-15-16-33-60(10)19-18-34(59(8,9)32(60)17-20-61(33,11)62(28,12)47(75)48(63)76)84-57-46(88-55-41(73)39(71)37(69)31(22-64)83-55)43(42(74)44(86-57)51(77)78)85-56-45(36(68)30(66)23-81-56)87-54-40(72)38(70)35(67)27(5)82-54/h13,15,26-27,29-50,54-57,64-76H,14,16-24H2,1-12H3,(H,77,78)/b25-13-/t26-,27+,29+,30+,31-,32+,33-,34+,35+,36+,37+,38-,39+,40-,41-,42+,43+,44+,45-,46-,47+,48-,49+,50+,54+,55+,56+,57-,60+,61-,62+,63+/m1/s1. The van der Waals surface area contributed by atoms with Gasteiger partial charge in [-0.05, 0) is 99.7 Å². The van der Waals surface area contributed by atoms with Crippen LogP contribution in [0.4, 0.5) is 0 Å². The SMILES string of the molecule is C/C=C(/C)C(=O)O[C@H]1[C@H](OC(=O)[C@H](C)CC)[C@]2(CO)[C@H](O)[C@H](O)[C@]3(C)C(=CC[C@@H]4[C@@]5(C)CC[C@H](O[C@@H]6O[C@H](C(=O)O)[C@@H](O)[C@H](O[C@@H]7OC[C@H](O)[C@H](O)[C@H]7O[C@@H]7O[C@@H](C)[C@H](O)[C@@H](O)[C@H]7O)[C@H]6O[C@@H]6O[C@H](CO)[C@H](O)[C@H](O)[C@H]6O)C(C)(C)[C@@H]5CC[C@]43C)[C@@H]2CC1(C)C. The molecule has 0 unspecified atom stereocenters. The van der Waals surface area contributed by atoms with Crippen LogP contribution in [0.15, 0.2) is 23.3 Å². The number of rotatable bonds is 16. The van der Waals surface area contributed by atoms with Crippen molar-refractivity contribution in [1.82, 2.24) is 0 Å². The van der Waals surface area contributed by atoms with Crippen molar-refractivity contribution in [2.45, 2.75) is 275 Å². The Morgan fingerprint density at radius 2 is 1.31 bits per heavy atom. The number of hydrogen-bond acceptors (Lipinski definition) is 26. The molecule has 4 aliphatic heterocycles. The number of carboxylic acids is 1. The molecule has 4 heterocycles. The Bertz CT molecular complexity index is 2640. The third-order valence-electron chi connectivity index (χ3n) is 23.7. The van der Waals surface area contributed by atoms with Crippen molar-refractivity contribution in [3.05, 3.63) is 23.3 Å². The van der Waals surface area contributed by atoms with E-state index in [4.69, 9.17) is 47.4 Å². The number of ether oxygens (including phenoxy) is 10. The molecule has 14 N–H and O–H groups in total. The summed E-state index contributed by atoms with van der Waals surface area (Å²) < 4.78 is 61.7. The first-order chi connectivity index (χ1) is 42.0. The molecule has 27 heteroatoms. The van der Waals surface area contributed by atoms with E-state index in [1.807, 2.05) is 41.5 Å². The fourth-order valence-electron chi connectivity index (χ4n) is 17.6. The molecule has 8 fully saturated rings. The highest BCUT2D eigenvalue weighted by Gasteiger charge is 2.77. The molecule has 9 rings (SSSR count). The van der Waals surface area contributed by atoms with Gasteiger partial charge in [0.2, 0.25) is 0 Å². The zero-order valence-corrected chi connectivity index (χ0v) is 53.5. The van der Waals surface area contributed by atoms with Crippen LogP contribution in [0.2, 0.25) is 0 Å². The van der Waals surface area contributed by atoms with E-state index in [0.717, 1.165) is 5.57 Å². The van der Waals surface area contributed by atoms with Crippen molar-refractivity contribution in [1.29, 1.82) is 0 Å². The van der Waals surface area contributed by atoms with Crippen LogP contribution < -0.4 is 0 Å². The number of aliphatic carboxylic acids is 1. The van der Waals surface area contributed by atoms with Crippen LogP contribution in [-0.4, -0.2) is 256 Å². The molecule has 4 saturated heterocycles. The normalized spacial score (nSPS) is 50.4. The summed E-state index contributed by atoms with van der Waals surface area (Å²) in [5.41, 5.74) is -4.86. The number of hydrogen-bond donors (Lipinski definition) is 14. The third-order valence-corrected chi connectivity index (χ3v) is 23.7. The second-order valence-electron chi connectivity index (χ2n) is 29.2. The monoisotopic (exact) mass is 1290 g/mol. The number of fused-ring (bicyclic) bond motifs is 7. The second-order valence-corrected chi connectivity index (χ2v) is 29.2. The molecule has 0 aromatic heterocycles. The Morgan fingerprint density at radius 3 is 1.92 bits per heavy atom. The summed E-state index contributed by atoms with van der Waals surface area (Å²) in [6.45, 7) is 20.1. The molecule has 0 bridgehead atoms. The van der Waals surface area contributed by atoms with Gasteiger partial charge in [0, 0.05) is 16.4 Å². The maximum Gasteiger partial charge on any atom is 0.335 e. The predicted molar refractivity (Wildman–Crippen MR) is 308 cm³/mol. The van der Waals surface area contributed by atoms with Crippen LogP contribution in [0.25, 0.3) is 0 Å². The third kappa shape index (κ3) is 11.6. The quantitative estimate of drug-likeness (QED) is 0.0389. The molecule has 0 radical (unpaired) electrons. The second kappa shape index (κ2) is 26.2. The van der Waals surface area contributed by atoms with E-state index in [1.165, 1.54) is 6.92 Å². The van der Waals surface area contributed by atoms with E-state index in [0.29, 0.717) is 37.7 Å². The van der Waals surface area contributed by atoms with Crippen molar-refractivity contribution in [3.63, 3.8) is 0 Å². The van der Waals surface area contributed by atoms with Gasteiger partial charge in [-0.15, -0.1) is 0 Å². The topological polar surface area (TPSA) is 427 Å². The smallest absolute Gasteiger partial charge is 0.335 e. The van der Waals surface area contributed by atoms with Gasteiger partial charge < -0.3 is 119 Å². The molecular formula is C63H100O27. The molecule has 32 atom stereocenters. The highest BCUT2D eigenvalue weighted by molar-refractivity contribution is 5.88. The molecule has 27 nitrogen and oxygen atoms in total. The Kier molecular flexibility index (Phi) is 20.8. The lowest BCUT2D eigenvalue weighted by Crippen LogP contribution is -2.76. The van der Waals surface area contributed by atoms with Crippen molar-refractivity contribution >= 4 is 17.9 Å². The van der Waals surface area contributed by atoms with Crippen molar-refractivity contribution in [2.75, 3.05) is 19.8 Å². The van der Waals surface area contributed by atoms with Crippen LogP contribution in [0.5, 0.6) is 0 Å². The average Bonchev–Trinajstić information content (AvgIpc) is 0.663. The number of carbonyl (C=O) groups is 3. The first-order valence-corrected chi connectivity index (χ1v) is 31.9. The largest absolute Gasteiger partial charge is 0.479 e. The van der Waals surface area contributed by atoms with Crippen LogP contribution in [0.3, 0.4) is 0 Å². The van der Waals surface area contributed by atoms with E-state index >= 15 is 0 Å². The zero-order valence-electron chi connectivity index (χ0n) is 53.5. The molecule has 514 valence electrons. The molecule has 0 spiro atoms. The number of carbonyl (C=O) groups excluding carboxylic acids is 2. The lowest BCUT2D eigenvalue weighted by Gasteiger charge is -2.73. The molecule has 9 aliphatic rings. The van der Waals surface area contributed by atoms with Crippen LogP contribution >= 0.6 is 0 Å². The molecular weight excluding hydrogens is 1190 g/mol. The maximum absolute atomic E-state index is 14.0. The Balaban J connectivity index is 1.05. The van der Waals surface area contributed by atoms with Gasteiger partial charge in [-0.3, -0.25) is 4.79 Å². The van der Waals surface area contributed by atoms with E-state index < -0.39 is 229 Å². The minimum Gasteiger partial charge on any atom is -0.479 e.